The molecule has 0 aliphatic heterocycles. The Kier molecular flexibility index (Phi) is 5.03. The van der Waals surface area contributed by atoms with Crippen molar-refractivity contribution < 1.29 is 18.3 Å². The van der Waals surface area contributed by atoms with Crippen molar-refractivity contribution in [1.29, 1.82) is 0 Å². The molecule has 1 heterocycles. The van der Waals surface area contributed by atoms with Crippen molar-refractivity contribution in [2.24, 2.45) is 0 Å². The van der Waals surface area contributed by atoms with Crippen molar-refractivity contribution in [2.75, 3.05) is 12.3 Å². The van der Waals surface area contributed by atoms with Crippen LogP contribution >= 0.6 is 22.6 Å². The number of pyridine rings is 1. The van der Waals surface area contributed by atoms with E-state index in [0.717, 1.165) is 0 Å². The fourth-order valence-electron chi connectivity index (χ4n) is 1.29. The maximum Gasteiger partial charge on any atom is 0.310 e. The Balaban J connectivity index is 3.10. The summed E-state index contributed by atoms with van der Waals surface area (Å²) in [4.78, 5) is 14.9. The lowest BCUT2D eigenvalue weighted by atomic mass is 10.1. The van der Waals surface area contributed by atoms with Crippen LogP contribution in [0.15, 0.2) is 6.20 Å². The number of rotatable bonds is 4. The van der Waals surface area contributed by atoms with Gasteiger partial charge in [-0.3, -0.25) is 9.78 Å². The Hall–Kier alpha value is -0.990. The van der Waals surface area contributed by atoms with Gasteiger partial charge in [0, 0.05) is 11.8 Å². The fourth-order valence-corrected chi connectivity index (χ4v) is 1.75. The number of anilines is 1. The summed E-state index contributed by atoms with van der Waals surface area (Å²) >= 11 is 1.87. The zero-order valence-electron chi connectivity index (χ0n) is 9.04. The number of nitrogen functional groups attached to an aromatic ring is 1. The van der Waals surface area contributed by atoms with Gasteiger partial charge in [0.25, 0.3) is 6.43 Å². The lowest BCUT2D eigenvalue weighted by molar-refractivity contribution is -0.142. The molecule has 0 saturated heterocycles. The molecule has 0 unspecified atom stereocenters. The minimum absolute atomic E-state index is 0.0466. The molecule has 94 valence electrons. The third-order valence-corrected chi connectivity index (χ3v) is 2.90. The molecule has 4 nitrogen and oxygen atoms in total. The van der Waals surface area contributed by atoms with Gasteiger partial charge in [-0.1, -0.05) is 0 Å². The van der Waals surface area contributed by atoms with E-state index in [2.05, 4.69) is 4.98 Å². The normalized spacial score (nSPS) is 10.6. The molecule has 2 N–H and O–H groups in total. The van der Waals surface area contributed by atoms with Gasteiger partial charge in [0.2, 0.25) is 0 Å². The summed E-state index contributed by atoms with van der Waals surface area (Å²) in [6.07, 6.45) is -1.80. The molecule has 1 aromatic heterocycles. The molecule has 1 rings (SSSR count). The Morgan fingerprint density at radius 1 is 1.65 bits per heavy atom. The van der Waals surface area contributed by atoms with Gasteiger partial charge in [-0.05, 0) is 29.5 Å². The second-order valence-corrected chi connectivity index (χ2v) is 4.33. The number of nitrogens with zero attached hydrogens (tertiary/aromatic N) is 1. The number of carbonyl (C=O) groups is 1. The van der Waals surface area contributed by atoms with Gasteiger partial charge in [-0.2, -0.15) is 0 Å². The highest BCUT2D eigenvalue weighted by Gasteiger charge is 2.21. The lowest BCUT2D eigenvalue weighted by Gasteiger charge is -2.11. The van der Waals surface area contributed by atoms with Crippen molar-refractivity contribution in [3.05, 3.63) is 21.0 Å². The zero-order valence-corrected chi connectivity index (χ0v) is 11.2. The molecule has 0 fully saturated rings. The summed E-state index contributed by atoms with van der Waals surface area (Å²) in [5.74, 6) is -0.593. The summed E-state index contributed by atoms with van der Waals surface area (Å²) in [5, 5.41) is 0. The number of esters is 1. The van der Waals surface area contributed by atoms with Crippen LogP contribution < -0.4 is 5.73 Å². The Morgan fingerprint density at radius 3 is 2.82 bits per heavy atom. The highest BCUT2D eigenvalue weighted by atomic mass is 127. The minimum atomic E-state index is -2.77. The molecule has 0 bridgehead atoms. The van der Waals surface area contributed by atoms with E-state index in [-0.39, 0.29) is 24.3 Å². The van der Waals surface area contributed by atoms with Crippen LogP contribution in [-0.2, 0) is 16.0 Å². The van der Waals surface area contributed by atoms with Gasteiger partial charge >= 0.3 is 5.97 Å². The van der Waals surface area contributed by atoms with Gasteiger partial charge in [0.05, 0.1) is 22.3 Å². The Labute approximate surface area is 111 Å². The third-order valence-electron chi connectivity index (χ3n) is 2.04. The minimum Gasteiger partial charge on any atom is -0.466 e. The van der Waals surface area contributed by atoms with Gasteiger partial charge in [-0.15, -0.1) is 0 Å². The molecule has 0 aromatic carbocycles. The molecule has 0 spiro atoms. The number of nitrogens with two attached hydrogens (primary N) is 1. The number of halogens is 3. The standard InChI is InChI=1S/C10H11F2IN2O2/c1-2-17-7(16)3-5-8(14)6(13)4-15-9(5)10(11)12/h4,10H,2-3H2,1H3,(H2,14,15). The second-order valence-electron chi connectivity index (χ2n) is 3.17. The molecule has 0 aliphatic rings. The van der Waals surface area contributed by atoms with Gasteiger partial charge < -0.3 is 10.5 Å². The van der Waals surface area contributed by atoms with Gasteiger partial charge in [0.15, 0.2) is 0 Å². The summed E-state index contributed by atoms with van der Waals surface area (Å²) in [5.41, 5.74) is 5.42. The van der Waals surface area contributed by atoms with E-state index in [1.165, 1.54) is 6.20 Å². The van der Waals surface area contributed by atoms with E-state index in [1.807, 2.05) is 22.6 Å². The molecule has 0 atom stereocenters. The number of carbonyl (C=O) groups excluding carboxylic acids is 1. The third kappa shape index (κ3) is 3.48. The molecular weight excluding hydrogens is 345 g/mol. The first kappa shape index (κ1) is 14.1. The van der Waals surface area contributed by atoms with Crippen LogP contribution in [0.3, 0.4) is 0 Å². The SMILES string of the molecule is CCOC(=O)Cc1c(C(F)F)ncc(I)c1N. The van der Waals surface area contributed by atoms with Crippen LogP contribution in [0.1, 0.15) is 24.6 Å². The quantitative estimate of drug-likeness (QED) is 0.664. The van der Waals surface area contributed by atoms with E-state index in [9.17, 15) is 13.6 Å². The molecule has 0 aliphatic carbocycles. The summed E-state index contributed by atoms with van der Waals surface area (Å²) in [6.45, 7) is 1.84. The van der Waals surface area contributed by atoms with Crippen LogP contribution in [0.4, 0.5) is 14.5 Å². The zero-order chi connectivity index (χ0) is 13.0. The fraction of sp³-hybridized carbons (Fsp3) is 0.400. The predicted octanol–water partition coefficient (Wildman–Crippen LogP) is 2.31. The Bertz CT molecular complexity index is 427. The first-order chi connectivity index (χ1) is 7.97. The van der Waals surface area contributed by atoms with Crippen molar-refractivity contribution in [2.45, 2.75) is 19.8 Å². The van der Waals surface area contributed by atoms with Crippen LogP contribution in [0.5, 0.6) is 0 Å². The van der Waals surface area contributed by atoms with E-state index in [0.29, 0.717) is 3.57 Å². The largest absolute Gasteiger partial charge is 0.466 e. The van der Waals surface area contributed by atoms with Gasteiger partial charge in [-0.25, -0.2) is 8.78 Å². The summed E-state index contributed by atoms with van der Waals surface area (Å²) in [6, 6.07) is 0. The van der Waals surface area contributed by atoms with Crippen molar-refractivity contribution >= 4 is 34.2 Å². The van der Waals surface area contributed by atoms with E-state index < -0.39 is 18.1 Å². The number of aromatic nitrogens is 1. The van der Waals surface area contributed by atoms with Crippen LogP contribution in [0, 0.1) is 3.57 Å². The highest BCUT2D eigenvalue weighted by Crippen LogP contribution is 2.28. The monoisotopic (exact) mass is 356 g/mol. The summed E-state index contributed by atoms with van der Waals surface area (Å²) < 4.78 is 30.6. The molecule has 0 radical (unpaired) electrons. The summed E-state index contributed by atoms with van der Waals surface area (Å²) in [7, 11) is 0. The molecular formula is C10H11F2IN2O2. The first-order valence-electron chi connectivity index (χ1n) is 4.83. The molecule has 0 saturated carbocycles. The van der Waals surface area contributed by atoms with Crippen molar-refractivity contribution in [1.82, 2.24) is 4.98 Å². The molecule has 0 amide bonds. The molecule has 1 aromatic rings. The molecule has 7 heteroatoms. The number of ether oxygens (including phenoxy) is 1. The Morgan fingerprint density at radius 2 is 2.29 bits per heavy atom. The number of alkyl halides is 2. The maximum atomic E-state index is 12.7. The predicted molar refractivity (Wildman–Crippen MR) is 66.7 cm³/mol. The highest BCUT2D eigenvalue weighted by molar-refractivity contribution is 14.1. The van der Waals surface area contributed by atoms with Gasteiger partial charge in [0.1, 0.15) is 5.69 Å². The second kappa shape index (κ2) is 6.08. The first-order valence-corrected chi connectivity index (χ1v) is 5.91. The molecule has 17 heavy (non-hydrogen) atoms. The van der Waals surface area contributed by atoms with E-state index in [4.69, 9.17) is 10.5 Å². The average molecular weight is 356 g/mol. The van der Waals surface area contributed by atoms with Crippen LogP contribution in [-0.4, -0.2) is 17.6 Å². The van der Waals surface area contributed by atoms with E-state index in [1.54, 1.807) is 6.92 Å². The topological polar surface area (TPSA) is 65.2 Å². The number of hydrogen-bond donors (Lipinski definition) is 1. The number of hydrogen-bond acceptors (Lipinski definition) is 4. The van der Waals surface area contributed by atoms with Crippen molar-refractivity contribution in [3.63, 3.8) is 0 Å². The van der Waals surface area contributed by atoms with E-state index >= 15 is 0 Å². The lowest BCUT2D eigenvalue weighted by Crippen LogP contribution is -2.13. The smallest absolute Gasteiger partial charge is 0.310 e. The average Bonchev–Trinajstić information content (AvgIpc) is 2.25. The van der Waals surface area contributed by atoms with Crippen molar-refractivity contribution in [3.8, 4) is 0 Å². The maximum absolute atomic E-state index is 12.7. The van der Waals surface area contributed by atoms with Crippen LogP contribution in [0.2, 0.25) is 0 Å². The van der Waals surface area contributed by atoms with Crippen LogP contribution in [0.25, 0.3) is 0 Å².